The first kappa shape index (κ1) is 18.5. The van der Waals surface area contributed by atoms with Gasteiger partial charge >= 0.3 is 29.6 Å². The number of nitrogens with two attached hydrogens (primary N) is 2. The molecular weight excluding hydrogens is 317 g/mol. The van der Waals surface area contributed by atoms with Crippen LogP contribution in [0, 0.1) is 0 Å². The van der Waals surface area contributed by atoms with E-state index in [1.807, 2.05) is 0 Å². The maximum atomic E-state index is 12.0. The molecule has 0 fully saturated rings. The molecule has 0 aliphatic heterocycles. The Hall–Kier alpha value is -1.58. The molecule has 2 aromatic rings. The molecule has 0 saturated carbocycles. The molecule has 2 rings (SSSR count). The first-order valence-electron chi connectivity index (χ1n) is 5.79. The van der Waals surface area contributed by atoms with E-state index in [4.69, 9.17) is 11.5 Å². The summed E-state index contributed by atoms with van der Waals surface area (Å²) in [5.41, 5.74) is 11.8. The fourth-order valence-corrected chi connectivity index (χ4v) is 2.29. The summed E-state index contributed by atoms with van der Waals surface area (Å²) in [6.07, 6.45) is 0. The maximum Gasteiger partial charge on any atom is 1.00 e. The molecule has 110 valence electrons. The van der Waals surface area contributed by atoms with Crippen molar-refractivity contribution in [2.45, 2.75) is 4.90 Å². The minimum absolute atomic E-state index is 0. The van der Waals surface area contributed by atoms with Gasteiger partial charge in [-0.2, -0.15) is 0 Å². The van der Waals surface area contributed by atoms with Crippen LogP contribution in [0.1, 0.15) is 10.4 Å². The second kappa shape index (κ2) is 7.12. The normalized spacial score (nSPS) is 10.6. The van der Waals surface area contributed by atoms with Crippen LogP contribution >= 0.6 is 0 Å². The van der Waals surface area contributed by atoms with Crippen LogP contribution in [0.25, 0.3) is 0 Å². The van der Waals surface area contributed by atoms with Crippen LogP contribution in [0.2, 0.25) is 0 Å². The van der Waals surface area contributed by atoms with Gasteiger partial charge in [-0.3, -0.25) is 4.79 Å². The zero-order valence-electron chi connectivity index (χ0n) is 11.7. The van der Waals surface area contributed by atoms with Gasteiger partial charge in [-0.1, -0.05) is 0 Å². The van der Waals surface area contributed by atoms with Gasteiger partial charge in [0.2, 0.25) is 0 Å². The predicted octanol–water partition coefficient (Wildman–Crippen LogP) is -1.99. The standard InChI is InChI=1S/C13H13N3O4S.Na/c14-9-3-1-8(2-4-9)13(17)16-10-5-6-11(15)12(7-10)21(18,19)20;/h1-7H,14-15H2,(H,16,17)(H,18,19,20);/q;+1/p-1. The molecule has 0 aliphatic carbocycles. The molecule has 5 N–H and O–H groups in total. The van der Waals surface area contributed by atoms with Gasteiger partial charge in [0.1, 0.15) is 10.1 Å². The third-order valence-corrected chi connectivity index (χ3v) is 3.61. The van der Waals surface area contributed by atoms with Crippen LogP contribution in [-0.2, 0) is 10.1 Å². The molecule has 0 saturated heterocycles. The third-order valence-electron chi connectivity index (χ3n) is 2.71. The number of hydrogen-bond acceptors (Lipinski definition) is 6. The number of benzene rings is 2. The summed E-state index contributed by atoms with van der Waals surface area (Å²) in [5, 5.41) is 2.48. The average molecular weight is 329 g/mol. The largest absolute Gasteiger partial charge is 1.00 e. The van der Waals surface area contributed by atoms with Crippen LogP contribution < -0.4 is 46.3 Å². The Morgan fingerprint density at radius 2 is 1.64 bits per heavy atom. The Labute approximate surface area is 149 Å². The molecule has 0 spiro atoms. The Morgan fingerprint density at radius 1 is 1.05 bits per heavy atom. The topological polar surface area (TPSA) is 138 Å². The quantitative estimate of drug-likeness (QED) is 0.339. The van der Waals surface area contributed by atoms with Gasteiger partial charge in [0, 0.05) is 22.6 Å². The van der Waals surface area contributed by atoms with E-state index in [-0.39, 0.29) is 40.9 Å². The number of nitrogens with one attached hydrogen (secondary N) is 1. The van der Waals surface area contributed by atoms with Crippen molar-refractivity contribution in [2.75, 3.05) is 16.8 Å². The Balaban J connectivity index is 0.00000242. The van der Waals surface area contributed by atoms with Crippen molar-refractivity contribution in [3.05, 3.63) is 48.0 Å². The molecule has 1 amide bonds. The summed E-state index contributed by atoms with van der Waals surface area (Å²) in [6, 6.07) is 9.83. The van der Waals surface area contributed by atoms with E-state index in [9.17, 15) is 17.8 Å². The zero-order valence-corrected chi connectivity index (χ0v) is 14.6. The van der Waals surface area contributed by atoms with Gasteiger partial charge in [-0.25, -0.2) is 8.42 Å². The maximum absolute atomic E-state index is 12.0. The number of carbonyl (C=O) groups excluding carboxylic acids is 1. The van der Waals surface area contributed by atoms with Gasteiger partial charge in [-0.15, -0.1) is 0 Å². The molecule has 0 aliphatic rings. The molecule has 0 radical (unpaired) electrons. The average Bonchev–Trinajstić information content (AvgIpc) is 2.40. The summed E-state index contributed by atoms with van der Waals surface area (Å²) in [5.74, 6) is -0.464. The minimum Gasteiger partial charge on any atom is -0.744 e. The molecule has 7 nitrogen and oxygen atoms in total. The second-order valence-corrected chi connectivity index (χ2v) is 5.63. The Morgan fingerprint density at radius 3 is 2.18 bits per heavy atom. The number of anilines is 3. The number of rotatable bonds is 3. The van der Waals surface area contributed by atoms with Gasteiger partial charge in [0.15, 0.2) is 0 Å². The Bertz CT molecular complexity index is 791. The zero-order chi connectivity index (χ0) is 15.6. The monoisotopic (exact) mass is 329 g/mol. The third kappa shape index (κ3) is 4.46. The van der Waals surface area contributed by atoms with Crippen LogP contribution in [0.3, 0.4) is 0 Å². The SMILES string of the molecule is Nc1ccc(C(=O)Nc2ccc(N)c(S(=O)(=O)[O-])c2)cc1.[Na+]. The molecule has 0 atom stereocenters. The van der Waals surface area contributed by atoms with Crippen LogP contribution in [0.4, 0.5) is 17.1 Å². The molecule has 2 aromatic carbocycles. The number of hydrogen-bond donors (Lipinski definition) is 3. The van der Waals surface area contributed by atoms with E-state index in [0.717, 1.165) is 6.07 Å². The van der Waals surface area contributed by atoms with Crippen LogP contribution in [0.5, 0.6) is 0 Å². The van der Waals surface area contributed by atoms with E-state index >= 15 is 0 Å². The summed E-state index contributed by atoms with van der Waals surface area (Å²) in [7, 11) is -4.70. The van der Waals surface area contributed by atoms with Gasteiger partial charge in [0.05, 0.1) is 4.90 Å². The van der Waals surface area contributed by atoms with E-state index < -0.39 is 20.9 Å². The number of amides is 1. The molecule has 0 bridgehead atoms. The fraction of sp³-hybridized carbons (Fsp3) is 0. The van der Waals surface area contributed by atoms with E-state index in [1.165, 1.54) is 24.3 Å². The first-order chi connectivity index (χ1) is 9.77. The van der Waals surface area contributed by atoms with E-state index in [2.05, 4.69) is 5.32 Å². The van der Waals surface area contributed by atoms with Gasteiger partial charge in [-0.05, 0) is 42.5 Å². The number of nitrogen functional groups attached to an aromatic ring is 2. The second-order valence-electron chi connectivity index (χ2n) is 4.28. The predicted molar refractivity (Wildman–Crippen MR) is 77.6 cm³/mol. The molecule has 22 heavy (non-hydrogen) atoms. The number of carbonyl (C=O) groups is 1. The molecular formula is C13H12N3NaO4S. The van der Waals surface area contributed by atoms with Crippen LogP contribution in [0.15, 0.2) is 47.4 Å². The van der Waals surface area contributed by atoms with Crippen molar-refractivity contribution >= 4 is 33.1 Å². The van der Waals surface area contributed by atoms with Crippen molar-refractivity contribution in [1.29, 1.82) is 0 Å². The van der Waals surface area contributed by atoms with E-state index in [1.54, 1.807) is 12.1 Å². The smallest absolute Gasteiger partial charge is 0.744 e. The fourth-order valence-electron chi connectivity index (χ4n) is 1.67. The molecule has 9 heteroatoms. The van der Waals surface area contributed by atoms with Gasteiger partial charge in [0.25, 0.3) is 5.91 Å². The van der Waals surface area contributed by atoms with Gasteiger partial charge < -0.3 is 21.3 Å². The summed E-state index contributed by atoms with van der Waals surface area (Å²) >= 11 is 0. The van der Waals surface area contributed by atoms with Crippen molar-refractivity contribution in [3.63, 3.8) is 0 Å². The minimum atomic E-state index is -4.70. The van der Waals surface area contributed by atoms with Crippen molar-refractivity contribution < 1.29 is 47.3 Å². The molecule has 0 unspecified atom stereocenters. The molecule has 0 aromatic heterocycles. The Kier molecular flexibility index (Phi) is 5.98. The summed E-state index contributed by atoms with van der Waals surface area (Å²) in [6.45, 7) is 0. The van der Waals surface area contributed by atoms with Crippen molar-refractivity contribution in [1.82, 2.24) is 0 Å². The van der Waals surface area contributed by atoms with Crippen molar-refractivity contribution in [2.24, 2.45) is 0 Å². The van der Waals surface area contributed by atoms with Crippen LogP contribution in [-0.4, -0.2) is 18.9 Å². The summed E-state index contributed by atoms with van der Waals surface area (Å²) < 4.78 is 33.1. The van der Waals surface area contributed by atoms with Crippen molar-refractivity contribution in [3.8, 4) is 0 Å². The first-order valence-corrected chi connectivity index (χ1v) is 7.20. The summed E-state index contributed by atoms with van der Waals surface area (Å²) in [4.78, 5) is 11.4. The molecule has 0 heterocycles. The van der Waals surface area contributed by atoms with E-state index in [0.29, 0.717) is 11.3 Å².